The summed E-state index contributed by atoms with van der Waals surface area (Å²) in [7, 11) is 0. The van der Waals surface area contributed by atoms with Crippen LogP contribution in [-0.2, 0) is 4.79 Å². The molecule has 0 radical (unpaired) electrons. The number of nitrogens with zero attached hydrogens (tertiary/aromatic N) is 3. The van der Waals surface area contributed by atoms with Gasteiger partial charge in [-0.2, -0.15) is 0 Å². The maximum absolute atomic E-state index is 13.1. The molecule has 4 nitrogen and oxygen atoms in total. The number of carbonyl (C=O) groups is 1. The van der Waals surface area contributed by atoms with Crippen molar-refractivity contribution >= 4 is 5.91 Å². The molecule has 0 unspecified atom stereocenters. The van der Waals surface area contributed by atoms with Gasteiger partial charge in [0, 0.05) is 42.4 Å². The first-order valence-electron chi connectivity index (χ1n) is 8.58. The predicted octanol–water partition coefficient (Wildman–Crippen LogP) is 3.40. The van der Waals surface area contributed by atoms with Crippen molar-refractivity contribution in [2.75, 3.05) is 13.1 Å². The second kappa shape index (κ2) is 6.30. The molecule has 124 valence electrons. The highest BCUT2D eigenvalue weighted by molar-refractivity contribution is 5.81. The molecule has 1 aliphatic carbocycles. The Labute approximate surface area is 140 Å². The molecule has 1 atom stereocenters. The average Bonchev–Trinajstić information content (AvgIpc) is 3.47. The lowest BCUT2D eigenvalue weighted by Gasteiger charge is -2.32. The van der Waals surface area contributed by atoms with E-state index in [1.54, 1.807) is 18.3 Å². The number of hydrogen-bond acceptors (Lipinski definition) is 3. The molecule has 1 aromatic carbocycles. The minimum absolute atomic E-state index is 0.253. The van der Waals surface area contributed by atoms with Crippen molar-refractivity contribution in [3.05, 3.63) is 48.0 Å². The number of likely N-dealkylation sites (tertiary alicyclic amines) is 1. The second-order valence-corrected chi connectivity index (χ2v) is 6.71. The molecule has 0 N–H and O–H groups in total. The fourth-order valence-corrected chi connectivity index (χ4v) is 3.35. The van der Waals surface area contributed by atoms with Gasteiger partial charge in [0.1, 0.15) is 5.82 Å². The van der Waals surface area contributed by atoms with Crippen molar-refractivity contribution in [3.8, 4) is 11.4 Å². The Bertz CT molecular complexity index is 743. The lowest BCUT2D eigenvalue weighted by molar-refractivity contribution is -0.133. The lowest BCUT2D eigenvalue weighted by Crippen LogP contribution is -2.40. The third kappa shape index (κ3) is 3.16. The smallest absolute Gasteiger partial charge is 0.225 e. The Balaban J connectivity index is 1.54. The highest BCUT2D eigenvalue weighted by Crippen LogP contribution is 2.34. The lowest BCUT2D eigenvalue weighted by atomic mass is 9.94. The average molecular weight is 325 g/mol. The molecule has 1 aromatic heterocycles. The summed E-state index contributed by atoms with van der Waals surface area (Å²) >= 11 is 0. The van der Waals surface area contributed by atoms with E-state index in [4.69, 9.17) is 0 Å². The van der Waals surface area contributed by atoms with E-state index in [1.807, 2.05) is 11.0 Å². The van der Waals surface area contributed by atoms with Crippen LogP contribution in [0.5, 0.6) is 0 Å². The number of halogens is 1. The number of piperidine rings is 1. The van der Waals surface area contributed by atoms with Gasteiger partial charge in [0.15, 0.2) is 5.82 Å². The van der Waals surface area contributed by atoms with E-state index in [0.717, 1.165) is 50.0 Å². The summed E-state index contributed by atoms with van der Waals surface area (Å²) in [6.45, 7) is 1.61. The van der Waals surface area contributed by atoms with Crippen molar-refractivity contribution in [1.82, 2.24) is 14.9 Å². The van der Waals surface area contributed by atoms with E-state index < -0.39 is 0 Å². The van der Waals surface area contributed by atoms with Gasteiger partial charge >= 0.3 is 0 Å². The summed E-state index contributed by atoms with van der Waals surface area (Å²) in [5.41, 5.74) is 1.78. The van der Waals surface area contributed by atoms with Crippen molar-refractivity contribution < 1.29 is 9.18 Å². The number of amides is 1. The minimum atomic E-state index is -0.267. The zero-order valence-electron chi connectivity index (χ0n) is 13.5. The van der Waals surface area contributed by atoms with Crippen molar-refractivity contribution in [2.45, 2.75) is 31.6 Å². The van der Waals surface area contributed by atoms with Crippen LogP contribution in [-0.4, -0.2) is 33.9 Å². The van der Waals surface area contributed by atoms with E-state index in [9.17, 15) is 9.18 Å². The first kappa shape index (κ1) is 15.2. The maximum Gasteiger partial charge on any atom is 0.225 e. The van der Waals surface area contributed by atoms with Gasteiger partial charge in [-0.25, -0.2) is 14.4 Å². The summed E-state index contributed by atoms with van der Waals surface area (Å²) in [6, 6.07) is 8.16. The highest BCUT2D eigenvalue weighted by Gasteiger charge is 2.35. The van der Waals surface area contributed by atoms with Crippen LogP contribution in [0.3, 0.4) is 0 Å². The fraction of sp³-hybridized carbons (Fsp3) is 0.421. The molecule has 5 heteroatoms. The zero-order chi connectivity index (χ0) is 16.5. The number of hydrogen-bond donors (Lipinski definition) is 0. The second-order valence-electron chi connectivity index (χ2n) is 6.71. The summed E-state index contributed by atoms with van der Waals surface area (Å²) in [5, 5.41) is 0. The molecule has 1 saturated carbocycles. The first-order valence-corrected chi connectivity index (χ1v) is 8.58. The third-order valence-corrected chi connectivity index (χ3v) is 4.86. The quantitative estimate of drug-likeness (QED) is 0.869. The van der Waals surface area contributed by atoms with E-state index in [0.29, 0.717) is 11.7 Å². The molecule has 1 aliphatic heterocycles. The van der Waals surface area contributed by atoms with Crippen LogP contribution >= 0.6 is 0 Å². The topological polar surface area (TPSA) is 46.1 Å². The molecule has 2 fully saturated rings. The number of carbonyl (C=O) groups excluding carboxylic acids is 1. The van der Waals surface area contributed by atoms with Gasteiger partial charge in [-0.3, -0.25) is 4.79 Å². The number of aromatic nitrogens is 2. The molecule has 1 saturated heterocycles. The summed E-state index contributed by atoms with van der Waals surface area (Å²) < 4.78 is 13.1. The van der Waals surface area contributed by atoms with Crippen molar-refractivity contribution in [3.63, 3.8) is 0 Å². The Morgan fingerprint density at radius 2 is 1.92 bits per heavy atom. The molecular formula is C19H20FN3O. The van der Waals surface area contributed by atoms with Crippen LogP contribution in [0.4, 0.5) is 4.39 Å². The van der Waals surface area contributed by atoms with Crippen LogP contribution < -0.4 is 0 Å². The van der Waals surface area contributed by atoms with Crippen LogP contribution in [0.1, 0.15) is 37.3 Å². The van der Waals surface area contributed by atoms with E-state index in [-0.39, 0.29) is 17.7 Å². The largest absolute Gasteiger partial charge is 0.342 e. The van der Waals surface area contributed by atoms with Crippen molar-refractivity contribution in [2.24, 2.45) is 5.92 Å². The molecule has 4 rings (SSSR count). The molecule has 1 amide bonds. The number of benzene rings is 1. The number of rotatable bonds is 3. The molecule has 0 spiro atoms. The summed E-state index contributed by atoms with van der Waals surface area (Å²) in [6.07, 6.45) is 5.89. The van der Waals surface area contributed by atoms with Gasteiger partial charge in [-0.1, -0.05) is 0 Å². The van der Waals surface area contributed by atoms with E-state index in [1.165, 1.54) is 12.1 Å². The maximum atomic E-state index is 13.1. The molecular weight excluding hydrogens is 305 g/mol. The first-order chi connectivity index (χ1) is 11.7. The van der Waals surface area contributed by atoms with Crippen LogP contribution in [0.15, 0.2) is 36.5 Å². The highest BCUT2D eigenvalue weighted by atomic mass is 19.1. The van der Waals surface area contributed by atoms with Crippen LogP contribution in [0.25, 0.3) is 11.4 Å². The Hall–Kier alpha value is -2.30. The normalized spacial score (nSPS) is 20.9. The Morgan fingerprint density at radius 1 is 1.12 bits per heavy atom. The van der Waals surface area contributed by atoms with Gasteiger partial charge in [0.05, 0.1) is 0 Å². The van der Waals surface area contributed by atoms with Crippen molar-refractivity contribution in [1.29, 1.82) is 0 Å². The van der Waals surface area contributed by atoms with Gasteiger partial charge in [-0.05, 0) is 56.0 Å². The molecule has 24 heavy (non-hydrogen) atoms. The predicted molar refractivity (Wildman–Crippen MR) is 88.7 cm³/mol. The fourth-order valence-electron chi connectivity index (χ4n) is 3.35. The van der Waals surface area contributed by atoms with E-state index >= 15 is 0 Å². The molecule has 2 heterocycles. The molecule has 2 aromatic rings. The summed E-state index contributed by atoms with van der Waals surface area (Å²) in [5.74, 6) is 1.18. The monoisotopic (exact) mass is 325 g/mol. The van der Waals surface area contributed by atoms with Crippen LogP contribution in [0.2, 0.25) is 0 Å². The van der Waals surface area contributed by atoms with Crippen LogP contribution in [0, 0.1) is 11.7 Å². The zero-order valence-corrected chi connectivity index (χ0v) is 13.5. The molecule has 2 aliphatic rings. The Kier molecular flexibility index (Phi) is 4.00. The van der Waals surface area contributed by atoms with Gasteiger partial charge in [0.25, 0.3) is 0 Å². The SMILES string of the molecule is O=C(C1CC1)N1CCC[C@@H](c2ccnc(-c3ccc(F)cc3)n2)C1. The van der Waals surface area contributed by atoms with E-state index in [2.05, 4.69) is 9.97 Å². The Morgan fingerprint density at radius 3 is 2.67 bits per heavy atom. The van der Waals surface area contributed by atoms with Gasteiger partial charge < -0.3 is 4.90 Å². The van der Waals surface area contributed by atoms with Gasteiger partial charge in [-0.15, -0.1) is 0 Å². The summed E-state index contributed by atoms with van der Waals surface area (Å²) in [4.78, 5) is 23.3. The molecule has 0 bridgehead atoms. The third-order valence-electron chi connectivity index (χ3n) is 4.86. The van der Waals surface area contributed by atoms with Gasteiger partial charge in [0.2, 0.25) is 5.91 Å². The minimum Gasteiger partial charge on any atom is -0.342 e. The standard InChI is InChI=1S/C19H20FN3O/c20-16-7-5-13(6-8-16)18-21-10-9-17(22-18)15-2-1-11-23(12-15)19(24)14-3-4-14/h5-10,14-15H,1-4,11-12H2/t15-/m1/s1.